The highest BCUT2D eigenvalue weighted by Crippen LogP contribution is 2.15. The predicted octanol–water partition coefficient (Wildman–Crippen LogP) is 18.4. The molecule has 0 fully saturated rings. The van der Waals surface area contributed by atoms with Gasteiger partial charge in [0, 0.05) is 19.3 Å². The van der Waals surface area contributed by atoms with Crippen molar-refractivity contribution in [2.75, 3.05) is 13.2 Å². The second-order valence-corrected chi connectivity index (χ2v) is 18.5. The first kappa shape index (κ1) is 62.1. The molecule has 0 aromatic rings. The Balaban J connectivity index is 4.38. The number of carbonyl (C=O) groups is 3. The van der Waals surface area contributed by atoms with Gasteiger partial charge in [-0.25, -0.2) is 0 Å². The van der Waals surface area contributed by atoms with Gasteiger partial charge in [-0.15, -0.1) is 0 Å². The highest BCUT2D eigenvalue weighted by atomic mass is 16.6. The Kier molecular flexibility index (Phi) is 51.3. The molecule has 0 aromatic carbocycles. The Bertz CT molecular complexity index is 1180. The summed E-state index contributed by atoms with van der Waals surface area (Å²) in [4.78, 5) is 38.1. The molecule has 376 valence electrons. The van der Waals surface area contributed by atoms with Crippen LogP contribution in [-0.4, -0.2) is 37.2 Å². The quantitative estimate of drug-likeness (QED) is 0.0262. The molecule has 0 aromatic heterocycles. The van der Waals surface area contributed by atoms with Gasteiger partial charge in [0.1, 0.15) is 13.2 Å². The van der Waals surface area contributed by atoms with Crippen molar-refractivity contribution in [2.45, 2.75) is 284 Å². The van der Waals surface area contributed by atoms with E-state index in [1.807, 2.05) is 0 Å². The molecule has 0 heterocycles. The minimum atomic E-state index is -0.788. The molecule has 0 N–H and O–H groups in total. The average molecular weight is 909 g/mol. The van der Waals surface area contributed by atoms with Crippen LogP contribution in [0.2, 0.25) is 0 Å². The van der Waals surface area contributed by atoms with Gasteiger partial charge in [0.05, 0.1) is 0 Å². The normalized spacial score (nSPS) is 12.5. The summed E-state index contributed by atoms with van der Waals surface area (Å²) in [7, 11) is 0. The van der Waals surface area contributed by atoms with Gasteiger partial charge >= 0.3 is 17.9 Å². The Morgan fingerprint density at radius 2 is 0.569 bits per heavy atom. The zero-order valence-corrected chi connectivity index (χ0v) is 43.0. The Hall–Kier alpha value is -2.89. The topological polar surface area (TPSA) is 78.9 Å². The Morgan fingerprint density at radius 3 is 0.908 bits per heavy atom. The van der Waals surface area contributed by atoms with Gasteiger partial charge in [-0.2, -0.15) is 0 Å². The second-order valence-electron chi connectivity index (χ2n) is 18.5. The second kappa shape index (κ2) is 53.7. The largest absolute Gasteiger partial charge is 0.462 e. The summed E-state index contributed by atoms with van der Waals surface area (Å²) in [6.07, 6.45) is 66.3. The summed E-state index contributed by atoms with van der Waals surface area (Å²) >= 11 is 0. The van der Waals surface area contributed by atoms with Crippen molar-refractivity contribution in [1.82, 2.24) is 0 Å². The number of unbranched alkanes of at least 4 members (excludes halogenated alkanes) is 29. The van der Waals surface area contributed by atoms with Crippen molar-refractivity contribution in [3.05, 3.63) is 60.8 Å². The zero-order valence-electron chi connectivity index (χ0n) is 43.0. The standard InChI is InChI=1S/C59H104O6/c1-4-7-10-13-16-19-22-25-28-29-30-31-32-35-37-40-43-46-49-52-58(61)64-55-56(65-59(62)53-50-47-44-41-38-34-27-24-21-18-15-12-9-6-3)54-63-57(60)51-48-45-42-39-36-33-26-23-20-17-14-11-8-5-2/h14-15,17-18,23-24,26-27,29-30,56H,4-13,16,19-22,25,28,31-55H2,1-3H3/b17-14-,18-15-,26-23-,27-24-,30-29-/t56-/m1/s1. The minimum absolute atomic E-state index is 0.0862. The van der Waals surface area contributed by atoms with Crippen molar-refractivity contribution in [3.8, 4) is 0 Å². The SMILES string of the molecule is CCCC/C=C\C/C=C\CCCCCCCC(=O)OC[C@H](COC(=O)CCCCCCCCC/C=C\CCCCCCCCCC)OC(=O)CCCCCCC/C=C\C/C=C\CCCC. The van der Waals surface area contributed by atoms with Crippen LogP contribution in [0.5, 0.6) is 0 Å². The molecule has 0 spiro atoms. The van der Waals surface area contributed by atoms with Gasteiger partial charge in [-0.1, -0.05) is 223 Å². The van der Waals surface area contributed by atoms with Gasteiger partial charge in [-0.05, 0) is 96.3 Å². The van der Waals surface area contributed by atoms with E-state index in [1.54, 1.807) is 0 Å². The van der Waals surface area contributed by atoms with E-state index in [0.717, 1.165) is 103 Å². The van der Waals surface area contributed by atoms with E-state index < -0.39 is 6.10 Å². The molecular formula is C59H104O6. The van der Waals surface area contributed by atoms with Crippen LogP contribution >= 0.6 is 0 Å². The van der Waals surface area contributed by atoms with E-state index in [9.17, 15) is 14.4 Å². The van der Waals surface area contributed by atoms with Gasteiger partial charge in [0.15, 0.2) is 6.10 Å². The molecule has 0 bridgehead atoms. The Morgan fingerprint density at radius 1 is 0.308 bits per heavy atom. The number of carbonyl (C=O) groups excluding carboxylic acids is 3. The summed E-state index contributed by atoms with van der Waals surface area (Å²) in [6.45, 7) is 6.55. The van der Waals surface area contributed by atoms with Gasteiger partial charge in [0.2, 0.25) is 0 Å². The van der Waals surface area contributed by atoms with Crippen LogP contribution in [0.4, 0.5) is 0 Å². The van der Waals surface area contributed by atoms with E-state index in [4.69, 9.17) is 14.2 Å². The number of hydrogen-bond acceptors (Lipinski definition) is 6. The summed E-state index contributed by atoms with van der Waals surface area (Å²) in [6, 6.07) is 0. The van der Waals surface area contributed by atoms with Crippen molar-refractivity contribution in [2.24, 2.45) is 0 Å². The van der Waals surface area contributed by atoms with Gasteiger partial charge < -0.3 is 14.2 Å². The number of allylic oxidation sites excluding steroid dienone is 10. The molecular weight excluding hydrogens is 805 g/mol. The summed E-state index contributed by atoms with van der Waals surface area (Å²) in [5.74, 6) is -0.912. The van der Waals surface area contributed by atoms with Gasteiger partial charge in [0.25, 0.3) is 0 Å². The van der Waals surface area contributed by atoms with E-state index in [1.165, 1.54) is 135 Å². The lowest BCUT2D eigenvalue weighted by molar-refractivity contribution is -0.167. The van der Waals surface area contributed by atoms with Gasteiger partial charge in [-0.3, -0.25) is 14.4 Å². The predicted molar refractivity (Wildman–Crippen MR) is 279 cm³/mol. The molecule has 0 radical (unpaired) electrons. The molecule has 0 rings (SSSR count). The molecule has 0 aliphatic heterocycles. The van der Waals surface area contributed by atoms with Crippen LogP contribution in [0, 0.1) is 0 Å². The molecule has 6 heteroatoms. The molecule has 1 atom stereocenters. The van der Waals surface area contributed by atoms with Crippen molar-refractivity contribution < 1.29 is 28.6 Å². The van der Waals surface area contributed by atoms with E-state index in [-0.39, 0.29) is 31.1 Å². The van der Waals surface area contributed by atoms with E-state index >= 15 is 0 Å². The summed E-state index contributed by atoms with van der Waals surface area (Å²) in [5.41, 5.74) is 0. The maximum absolute atomic E-state index is 12.8. The molecule has 0 saturated carbocycles. The number of ether oxygens (including phenoxy) is 3. The first-order valence-electron chi connectivity index (χ1n) is 27.8. The van der Waals surface area contributed by atoms with Crippen LogP contribution < -0.4 is 0 Å². The lowest BCUT2D eigenvalue weighted by Crippen LogP contribution is -2.30. The molecule has 6 nitrogen and oxygen atoms in total. The highest BCUT2D eigenvalue weighted by molar-refractivity contribution is 5.71. The first-order valence-corrected chi connectivity index (χ1v) is 27.8. The highest BCUT2D eigenvalue weighted by Gasteiger charge is 2.19. The van der Waals surface area contributed by atoms with Crippen LogP contribution in [0.1, 0.15) is 278 Å². The third-order valence-electron chi connectivity index (χ3n) is 12.0. The summed E-state index contributed by atoms with van der Waals surface area (Å²) in [5, 5.41) is 0. The third-order valence-corrected chi connectivity index (χ3v) is 12.0. The van der Waals surface area contributed by atoms with Crippen LogP contribution in [0.25, 0.3) is 0 Å². The molecule has 0 amide bonds. The van der Waals surface area contributed by atoms with Crippen molar-refractivity contribution >= 4 is 17.9 Å². The monoisotopic (exact) mass is 909 g/mol. The van der Waals surface area contributed by atoms with Crippen molar-refractivity contribution in [1.29, 1.82) is 0 Å². The fourth-order valence-corrected chi connectivity index (χ4v) is 7.71. The Labute approximate surface area is 402 Å². The van der Waals surface area contributed by atoms with E-state index in [0.29, 0.717) is 19.3 Å². The fourth-order valence-electron chi connectivity index (χ4n) is 7.71. The van der Waals surface area contributed by atoms with E-state index in [2.05, 4.69) is 81.5 Å². The van der Waals surface area contributed by atoms with Crippen LogP contribution in [0.15, 0.2) is 60.8 Å². The molecule has 0 aliphatic rings. The number of hydrogen-bond donors (Lipinski definition) is 0. The molecule has 0 aliphatic carbocycles. The molecule has 0 saturated heterocycles. The molecule has 65 heavy (non-hydrogen) atoms. The third kappa shape index (κ3) is 51.9. The lowest BCUT2D eigenvalue weighted by atomic mass is 10.1. The minimum Gasteiger partial charge on any atom is -0.462 e. The van der Waals surface area contributed by atoms with Crippen molar-refractivity contribution in [3.63, 3.8) is 0 Å². The molecule has 0 unspecified atom stereocenters. The number of rotatable bonds is 50. The number of esters is 3. The lowest BCUT2D eigenvalue weighted by Gasteiger charge is -2.18. The smallest absolute Gasteiger partial charge is 0.306 e. The average Bonchev–Trinajstić information content (AvgIpc) is 3.30. The zero-order chi connectivity index (χ0) is 47.2. The maximum atomic E-state index is 12.8. The summed E-state index contributed by atoms with van der Waals surface area (Å²) < 4.78 is 16.8. The first-order chi connectivity index (χ1) is 32.0. The van der Waals surface area contributed by atoms with Crippen LogP contribution in [-0.2, 0) is 28.6 Å². The fraction of sp³-hybridized carbons (Fsp3) is 0.780. The maximum Gasteiger partial charge on any atom is 0.306 e. The van der Waals surface area contributed by atoms with Crippen LogP contribution in [0.3, 0.4) is 0 Å².